The second-order valence-electron chi connectivity index (χ2n) is 4.88. The molecule has 0 spiro atoms. The summed E-state index contributed by atoms with van der Waals surface area (Å²) in [5, 5.41) is 16.7. The largest absolute Gasteiger partial charge is 0.376 e. The van der Waals surface area contributed by atoms with Crippen LogP contribution in [0.25, 0.3) is 10.9 Å². The lowest BCUT2D eigenvalue weighted by atomic mass is 10.1. The molecule has 5 nitrogen and oxygen atoms in total. The molecule has 2 aromatic heterocycles. The zero-order chi connectivity index (χ0) is 14.1. The number of benzene rings is 1. The van der Waals surface area contributed by atoms with E-state index in [2.05, 4.69) is 27.6 Å². The van der Waals surface area contributed by atoms with Gasteiger partial charge in [-0.25, -0.2) is 0 Å². The van der Waals surface area contributed by atoms with Crippen LogP contribution in [-0.4, -0.2) is 15.4 Å². The number of nitrogens with zero attached hydrogens (tertiary/aromatic N) is 3. The number of fused-ring (bicyclic) bond motifs is 1. The highest BCUT2D eigenvalue weighted by molar-refractivity contribution is 5.90. The zero-order valence-electron chi connectivity index (χ0n) is 11.7. The standard InChI is InChI=1S/C15H16N4O/c1-9(15-10(2)19-20-11(15)3)17-14-8-16-18-13-7-5-4-6-12(13)14/h4-9H,1-3H3,(H,17,18). The summed E-state index contributed by atoms with van der Waals surface area (Å²) in [6.07, 6.45) is 1.75. The first-order chi connectivity index (χ1) is 9.66. The fourth-order valence-electron chi connectivity index (χ4n) is 2.54. The first-order valence-corrected chi connectivity index (χ1v) is 6.56. The van der Waals surface area contributed by atoms with Gasteiger partial charge in [-0.05, 0) is 26.8 Å². The molecule has 2 heterocycles. The first kappa shape index (κ1) is 12.6. The smallest absolute Gasteiger partial charge is 0.139 e. The summed E-state index contributed by atoms with van der Waals surface area (Å²) in [4.78, 5) is 0. The minimum Gasteiger partial charge on any atom is -0.376 e. The van der Waals surface area contributed by atoms with E-state index in [1.54, 1.807) is 6.20 Å². The molecule has 102 valence electrons. The van der Waals surface area contributed by atoms with Crippen molar-refractivity contribution >= 4 is 16.6 Å². The Morgan fingerprint density at radius 3 is 2.75 bits per heavy atom. The molecule has 0 saturated heterocycles. The number of hydrogen-bond acceptors (Lipinski definition) is 5. The van der Waals surface area contributed by atoms with Crippen molar-refractivity contribution in [2.24, 2.45) is 0 Å². The SMILES string of the molecule is Cc1noc(C)c1C(C)Nc1cnnc2ccccc12. The first-order valence-electron chi connectivity index (χ1n) is 6.56. The van der Waals surface area contributed by atoms with Crippen LogP contribution in [0, 0.1) is 13.8 Å². The van der Waals surface area contributed by atoms with E-state index < -0.39 is 0 Å². The number of aromatic nitrogens is 3. The highest BCUT2D eigenvalue weighted by Gasteiger charge is 2.17. The van der Waals surface area contributed by atoms with E-state index in [1.807, 2.05) is 38.1 Å². The van der Waals surface area contributed by atoms with Gasteiger partial charge in [-0.2, -0.15) is 10.2 Å². The van der Waals surface area contributed by atoms with Crippen LogP contribution in [-0.2, 0) is 0 Å². The molecule has 1 atom stereocenters. The van der Waals surface area contributed by atoms with Gasteiger partial charge in [0.25, 0.3) is 0 Å². The summed E-state index contributed by atoms with van der Waals surface area (Å²) in [7, 11) is 0. The lowest BCUT2D eigenvalue weighted by molar-refractivity contribution is 0.392. The van der Waals surface area contributed by atoms with E-state index >= 15 is 0 Å². The maximum absolute atomic E-state index is 5.22. The summed E-state index contributed by atoms with van der Waals surface area (Å²) in [6.45, 7) is 5.96. The van der Waals surface area contributed by atoms with Gasteiger partial charge in [0.15, 0.2) is 0 Å². The summed E-state index contributed by atoms with van der Waals surface area (Å²) in [5.74, 6) is 0.842. The second kappa shape index (κ2) is 4.92. The highest BCUT2D eigenvalue weighted by atomic mass is 16.5. The van der Waals surface area contributed by atoms with Gasteiger partial charge < -0.3 is 9.84 Å². The average molecular weight is 268 g/mol. The Hall–Kier alpha value is -2.43. The lowest BCUT2D eigenvalue weighted by Crippen LogP contribution is -2.09. The van der Waals surface area contributed by atoms with Gasteiger partial charge >= 0.3 is 0 Å². The topological polar surface area (TPSA) is 63.8 Å². The highest BCUT2D eigenvalue weighted by Crippen LogP contribution is 2.27. The van der Waals surface area contributed by atoms with E-state index in [1.165, 1.54) is 0 Å². The molecule has 0 bridgehead atoms. The van der Waals surface area contributed by atoms with E-state index in [9.17, 15) is 0 Å². The third-order valence-corrected chi connectivity index (χ3v) is 3.44. The van der Waals surface area contributed by atoms with Crippen molar-refractivity contribution in [1.82, 2.24) is 15.4 Å². The Balaban J connectivity index is 1.97. The maximum atomic E-state index is 5.22. The molecule has 0 radical (unpaired) electrons. The molecule has 3 aromatic rings. The van der Waals surface area contributed by atoms with Crippen LogP contribution in [0.5, 0.6) is 0 Å². The Bertz CT molecular complexity index is 726. The summed E-state index contributed by atoms with van der Waals surface area (Å²) in [5.41, 5.74) is 3.84. The van der Waals surface area contributed by atoms with Crippen LogP contribution in [0.1, 0.15) is 30.0 Å². The van der Waals surface area contributed by atoms with E-state index in [0.717, 1.165) is 33.6 Å². The maximum Gasteiger partial charge on any atom is 0.139 e. The lowest BCUT2D eigenvalue weighted by Gasteiger charge is -2.16. The van der Waals surface area contributed by atoms with Crippen LogP contribution in [0.15, 0.2) is 35.0 Å². The van der Waals surface area contributed by atoms with Crippen molar-refractivity contribution in [2.45, 2.75) is 26.8 Å². The molecule has 1 aromatic carbocycles. The molecule has 3 rings (SSSR count). The zero-order valence-corrected chi connectivity index (χ0v) is 11.7. The molecular formula is C15H16N4O. The Labute approximate surface area is 117 Å². The summed E-state index contributed by atoms with van der Waals surface area (Å²) < 4.78 is 5.22. The molecule has 20 heavy (non-hydrogen) atoms. The second-order valence-corrected chi connectivity index (χ2v) is 4.88. The van der Waals surface area contributed by atoms with Gasteiger partial charge in [-0.1, -0.05) is 23.4 Å². The van der Waals surface area contributed by atoms with Gasteiger partial charge in [0.05, 0.1) is 29.1 Å². The van der Waals surface area contributed by atoms with Crippen molar-refractivity contribution in [3.05, 3.63) is 47.5 Å². The Morgan fingerprint density at radius 2 is 2.00 bits per heavy atom. The molecule has 0 saturated carbocycles. The van der Waals surface area contributed by atoms with Crippen LogP contribution < -0.4 is 5.32 Å². The van der Waals surface area contributed by atoms with E-state index in [0.29, 0.717) is 0 Å². The molecule has 5 heteroatoms. The molecule has 0 fully saturated rings. The molecule has 0 aliphatic rings. The van der Waals surface area contributed by atoms with Gasteiger partial charge in [0.1, 0.15) is 5.76 Å². The van der Waals surface area contributed by atoms with Crippen molar-refractivity contribution in [1.29, 1.82) is 0 Å². The van der Waals surface area contributed by atoms with Gasteiger partial charge in [-0.3, -0.25) is 0 Å². The van der Waals surface area contributed by atoms with E-state index in [-0.39, 0.29) is 6.04 Å². The van der Waals surface area contributed by atoms with Crippen LogP contribution in [0.3, 0.4) is 0 Å². The van der Waals surface area contributed by atoms with Gasteiger partial charge in [0.2, 0.25) is 0 Å². The fraction of sp³-hybridized carbons (Fsp3) is 0.267. The Morgan fingerprint density at radius 1 is 1.20 bits per heavy atom. The molecule has 1 unspecified atom stereocenters. The van der Waals surface area contributed by atoms with Crippen molar-refractivity contribution < 1.29 is 4.52 Å². The predicted molar refractivity (Wildman–Crippen MR) is 77.6 cm³/mol. The van der Waals surface area contributed by atoms with Crippen molar-refractivity contribution in [2.75, 3.05) is 5.32 Å². The number of hydrogen-bond donors (Lipinski definition) is 1. The number of nitrogens with one attached hydrogen (secondary N) is 1. The fourth-order valence-corrected chi connectivity index (χ4v) is 2.54. The predicted octanol–water partition coefficient (Wildman–Crippen LogP) is 3.41. The average Bonchev–Trinajstić information content (AvgIpc) is 2.78. The molecular weight excluding hydrogens is 252 g/mol. The van der Waals surface area contributed by atoms with Crippen LogP contribution in [0.4, 0.5) is 5.69 Å². The monoisotopic (exact) mass is 268 g/mol. The summed E-state index contributed by atoms with van der Waals surface area (Å²) >= 11 is 0. The van der Waals surface area contributed by atoms with Gasteiger partial charge in [0, 0.05) is 10.9 Å². The van der Waals surface area contributed by atoms with Crippen LogP contribution in [0.2, 0.25) is 0 Å². The number of rotatable bonds is 3. The third-order valence-electron chi connectivity index (χ3n) is 3.44. The number of aryl methyl sites for hydroxylation is 2. The molecule has 0 aliphatic heterocycles. The van der Waals surface area contributed by atoms with Crippen LogP contribution >= 0.6 is 0 Å². The van der Waals surface area contributed by atoms with Gasteiger partial charge in [-0.15, -0.1) is 0 Å². The molecule has 0 aliphatic carbocycles. The normalized spacial score (nSPS) is 12.6. The molecule has 1 N–H and O–H groups in total. The molecule has 0 amide bonds. The third kappa shape index (κ3) is 2.11. The van der Waals surface area contributed by atoms with E-state index in [4.69, 9.17) is 4.52 Å². The number of anilines is 1. The Kier molecular flexibility index (Phi) is 3.10. The minimum atomic E-state index is 0.0915. The summed E-state index contributed by atoms with van der Waals surface area (Å²) in [6, 6.07) is 8.03. The minimum absolute atomic E-state index is 0.0915. The van der Waals surface area contributed by atoms with Crippen molar-refractivity contribution in [3.8, 4) is 0 Å². The van der Waals surface area contributed by atoms with Crippen molar-refractivity contribution in [3.63, 3.8) is 0 Å². The quantitative estimate of drug-likeness (QED) is 0.788.